The van der Waals surface area contributed by atoms with E-state index in [-0.39, 0.29) is 42.0 Å². The van der Waals surface area contributed by atoms with E-state index in [2.05, 4.69) is 10.6 Å². The van der Waals surface area contributed by atoms with Gasteiger partial charge in [-0.2, -0.15) is 0 Å². The van der Waals surface area contributed by atoms with Crippen LogP contribution < -0.4 is 10.6 Å². The Hall–Kier alpha value is -3.61. The summed E-state index contributed by atoms with van der Waals surface area (Å²) in [5.41, 5.74) is 1.58. The second kappa shape index (κ2) is 15.4. The molecule has 0 bridgehead atoms. The quantitative estimate of drug-likeness (QED) is 0.244. The SMILES string of the molecule is CCC(=O)CCCCC[C@H](NC(=O)CCCC(=O)c1ccccc1)C(=O)Nc1cccc(C(C)=O)c1. The molecule has 0 heterocycles. The molecule has 7 nitrogen and oxygen atoms in total. The summed E-state index contributed by atoms with van der Waals surface area (Å²) in [5.74, 6) is -0.580. The van der Waals surface area contributed by atoms with Gasteiger partial charge in [0.2, 0.25) is 11.8 Å². The maximum atomic E-state index is 13.0. The van der Waals surface area contributed by atoms with E-state index in [9.17, 15) is 24.0 Å². The van der Waals surface area contributed by atoms with E-state index in [1.54, 1.807) is 48.5 Å². The Morgan fingerprint density at radius 2 is 1.50 bits per heavy atom. The summed E-state index contributed by atoms with van der Waals surface area (Å²) in [5, 5.41) is 5.60. The number of rotatable bonds is 16. The fraction of sp³-hybridized carbons (Fsp3) is 0.414. The lowest BCUT2D eigenvalue weighted by Gasteiger charge is -2.19. The monoisotopic (exact) mass is 492 g/mol. The van der Waals surface area contributed by atoms with E-state index in [1.807, 2.05) is 13.0 Å². The fourth-order valence-corrected chi connectivity index (χ4v) is 3.78. The Kier molecular flexibility index (Phi) is 12.2. The number of hydrogen-bond donors (Lipinski definition) is 2. The molecule has 0 fully saturated rings. The highest BCUT2D eigenvalue weighted by atomic mass is 16.2. The molecule has 0 saturated heterocycles. The van der Waals surface area contributed by atoms with E-state index in [4.69, 9.17) is 0 Å². The third-order valence-electron chi connectivity index (χ3n) is 5.93. The molecule has 0 aliphatic rings. The average molecular weight is 493 g/mol. The molecule has 0 aliphatic carbocycles. The van der Waals surface area contributed by atoms with Crippen LogP contribution in [0, 0.1) is 0 Å². The van der Waals surface area contributed by atoms with Gasteiger partial charge in [0.15, 0.2) is 11.6 Å². The first kappa shape index (κ1) is 28.6. The number of carbonyl (C=O) groups is 5. The number of unbranched alkanes of at least 4 members (excludes halogenated alkanes) is 2. The highest BCUT2D eigenvalue weighted by Crippen LogP contribution is 2.14. The number of carbonyl (C=O) groups excluding carboxylic acids is 5. The predicted molar refractivity (Wildman–Crippen MR) is 140 cm³/mol. The summed E-state index contributed by atoms with van der Waals surface area (Å²) < 4.78 is 0. The normalized spacial score (nSPS) is 11.4. The van der Waals surface area contributed by atoms with Crippen LogP contribution in [0.3, 0.4) is 0 Å². The molecular formula is C29H36N2O5. The summed E-state index contributed by atoms with van der Waals surface area (Å²) in [7, 11) is 0. The van der Waals surface area contributed by atoms with Gasteiger partial charge in [-0.15, -0.1) is 0 Å². The van der Waals surface area contributed by atoms with Gasteiger partial charge in [0.25, 0.3) is 0 Å². The van der Waals surface area contributed by atoms with Gasteiger partial charge in [-0.05, 0) is 38.3 Å². The van der Waals surface area contributed by atoms with Crippen LogP contribution in [0.25, 0.3) is 0 Å². The van der Waals surface area contributed by atoms with Crippen LogP contribution in [0.4, 0.5) is 5.69 Å². The molecule has 2 N–H and O–H groups in total. The lowest BCUT2D eigenvalue weighted by Crippen LogP contribution is -2.43. The zero-order valence-electron chi connectivity index (χ0n) is 21.2. The number of Topliss-reactive ketones (excluding diaryl/α,β-unsaturated/α-hetero) is 3. The van der Waals surface area contributed by atoms with Crippen molar-refractivity contribution < 1.29 is 24.0 Å². The molecule has 0 aromatic heterocycles. The van der Waals surface area contributed by atoms with Gasteiger partial charge in [-0.3, -0.25) is 24.0 Å². The van der Waals surface area contributed by atoms with Crippen LogP contribution >= 0.6 is 0 Å². The summed E-state index contributed by atoms with van der Waals surface area (Å²) in [6, 6.07) is 14.8. The number of hydrogen-bond acceptors (Lipinski definition) is 5. The molecule has 0 aliphatic heterocycles. The van der Waals surface area contributed by atoms with Crippen molar-refractivity contribution in [1.82, 2.24) is 5.32 Å². The second-order valence-electron chi connectivity index (χ2n) is 8.88. The molecule has 2 rings (SSSR count). The largest absolute Gasteiger partial charge is 0.344 e. The van der Waals surface area contributed by atoms with Gasteiger partial charge in [0.1, 0.15) is 11.8 Å². The van der Waals surface area contributed by atoms with Crippen molar-refractivity contribution in [2.45, 2.75) is 77.7 Å². The molecule has 2 amide bonds. The van der Waals surface area contributed by atoms with Gasteiger partial charge in [0.05, 0.1) is 0 Å². The van der Waals surface area contributed by atoms with Crippen LogP contribution in [0.1, 0.15) is 92.4 Å². The van der Waals surface area contributed by atoms with E-state index >= 15 is 0 Å². The molecule has 2 aromatic carbocycles. The summed E-state index contributed by atoms with van der Waals surface area (Å²) >= 11 is 0. The molecule has 2 aromatic rings. The van der Waals surface area contributed by atoms with Gasteiger partial charge in [-0.25, -0.2) is 0 Å². The zero-order valence-corrected chi connectivity index (χ0v) is 21.2. The average Bonchev–Trinajstić information content (AvgIpc) is 2.88. The van der Waals surface area contributed by atoms with E-state index < -0.39 is 6.04 Å². The van der Waals surface area contributed by atoms with Crippen molar-refractivity contribution in [1.29, 1.82) is 0 Å². The maximum absolute atomic E-state index is 13.0. The van der Waals surface area contributed by atoms with Gasteiger partial charge < -0.3 is 10.6 Å². The molecule has 7 heteroatoms. The molecular weight excluding hydrogens is 456 g/mol. The third-order valence-corrected chi connectivity index (χ3v) is 5.93. The Bertz CT molecular complexity index is 1050. The van der Waals surface area contributed by atoms with Crippen molar-refractivity contribution in [3.8, 4) is 0 Å². The van der Waals surface area contributed by atoms with Crippen LogP contribution in [-0.4, -0.2) is 35.2 Å². The molecule has 192 valence electrons. The van der Waals surface area contributed by atoms with E-state index in [0.717, 1.165) is 12.8 Å². The van der Waals surface area contributed by atoms with E-state index in [1.165, 1.54) is 6.92 Å². The number of anilines is 1. The van der Waals surface area contributed by atoms with Crippen LogP contribution in [-0.2, 0) is 14.4 Å². The highest BCUT2D eigenvalue weighted by Gasteiger charge is 2.21. The van der Waals surface area contributed by atoms with Crippen molar-refractivity contribution in [2.24, 2.45) is 0 Å². The van der Waals surface area contributed by atoms with Crippen LogP contribution in [0.2, 0.25) is 0 Å². The lowest BCUT2D eigenvalue weighted by atomic mass is 10.0. The topological polar surface area (TPSA) is 109 Å². The van der Waals surface area contributed by atoms with Gasteiger partial charge >= 0.3 is 0 Å². The van der Waals surface area contributed by atoms with E-state index in [0.29, 0.717) is 48.9 Å². The fourth-order valence-electron chi connectivity index (χ4n) is 3.78. The zero-order chi connectivity index (χ0) is 26.3. The molecule has 0 radical (unpaired) electrons. The summed E-state index contributed by atoms with van der Waals surface area (Å²) in [6.07, 6.45) is 4.43. The standard InChI is InChI=1S/C29H36N2O5/c1-3-25(33)16-8-5-9-17-26(29(36)30-24-15-10-14-23(20-24)21(2)32)31-28(35)19-11-18-27(34)22-12-6-4-7-13-22/h4,6-7,10,12-15,20,26H,3,5,8-9,11,16-19H2,1-2H3,(H,30,36)(H,31,35)/t26-/m0/s1. The lowest BCUT2D eigenvalue weighted by molar-refractivity contribution is -0.126. The third kappa shape index (κ3) is 10.3. The molecule has 1 atom stereocenters. The Balaban J connectivity index is 1.93. The molecule has 0 saturated carbocycles. The van der Waals surface area contributed by atoms with Crippen molar-refractivity contribution in [2.75, 3.05) is 5.32 Å². The first-order valence-corrected chi connectivity index (χ1v) is 12.6. The van der Waals surface area contributed by atoms with Crippen LogP contribution in [0.5, 0.6) is 0 Å². The first-order valence-electron chi connectivity index (χ1n) is 12.6. The maximum Gasteiger partial charge on any atom is 0.246 e. The number of benzene rings is 2. The number of amides is 2. The van der Waals surface area contributed by atoms with Crippen molar-refractivity contribution >= 4 is 34.9 Å². The smallest absolute Gasteiger partial charge is 0.246 e. The number of ketones is 3. The second-order valence-corrected chi connectivity index (χ2v) is 8.88. The summed E-state index contributed by atoms with van der Waals surface area (Å²) in [6.45, 7) is 3.29. The van der Waals surface area contributed by atoms with Crippen molar-refractivity contribution in [3.63, 3.8) is 0 Å². The first-order chi connectivity index (χ1) is 17.3. The highest BCUT2D eigenvalue weighted by molar-refractivity contribution is 6.00. The minimum absolute atomic E-state index is 0.0235. The molecule has 0 spiro atoms. The minimum atomic E-state index is -0.759. The minimum Gasteiger partial charge on any atom is -0.344 e. The number of nitrogens with one attached hydrogen (secondary N) is 2. The van der Waals surface area contributed by atoms with Gasteiger partial charge in [-0.1, -0.05) is 62.2 Å². The Labute approximate surface area is 213 Å². The Morgan fingerprint density at radius 3 is 2.19 bits per heavy atom. The van der Waals surface area contributed by atoms with Crippen molar-refractivity contribution in [3.05, 3.63) is 65.7 Å². The van der Waals surface area contributed by atoms with Gasteiger partial charge in [0, 0.05) is 42.5 Å². The predicted octanol–water partition coefficient (Wildman–Crippen LogP) is 5.30. The molecule has 0 unspecified atom stereocenters. The molecule has 36 heavy (non-hydrogen) atoms. The Morgan fingerprint density at radius 1 is 0.778 bits per heavy atom. The van der Waals surface area contributed by atoms with Crippen LogP contribution in [0.15, 0.2) is 54.6 Å². The summed E-state index contributed by atoms with van der Waals surface area (Å²) in [4.78, 5) is 61.0.